The Kier molecular flexibility index (Phi) is 4.67. The molecule has 21 heavy (non-hydrogen) atoms. The molecule has 0 aliphatic carbocycles. The Hall–Kier alpha value is -1.42. The Bertz CT molecular complexity index is 709. The van der Waals surface area contributed by atoms with Crippen molar-refractivity contribution in [3.8, 4) is 6.07 Å². The summed E-state index contributed by atoms with van der Waals surface area (Å²) in [6, 6.07) is 6.01. The lowest BCUT2D eigenvalue weighted by Crippen LogP contribution is -2.43. The number of piperidine rings is 1. The zero-order valence-corrected chi connectivity index (χ0v) is 13.1. The van der Waals surface area contributed by atoms with Crippen LogP contribution in [0.5, 0.6) is 0 Å². The molecule has 1 aliphatic rings. The standard InChI is InChI=1S/C14H15ClN2O3S/c1-2-11-9-17(6-5-13(11)18)21(19,20)14-4-3-10(8-16)7-12(14)15/h3-4,7,11H,2,5-6,9H2,1H3. The van der Waals surface area contributed by atoms with Crippen molar-refractivity contribution in [1.82, 2.24) is 4.31 Å². The van der Waals surface area contributed by atoms with Gasteiger partial charge in [0, 0.05) is 25.4 Å². The van der Waals surface area contributed by atoms with Crippen LogP contribution in [-0.2, 0) is 14.8 Å². The van der Waals surface area contributed by atoms with Crippen molar-refractivity contribution in [3.05, 3.63) is 28.8 Å². The molecule has 1 heterocycles. The number of sulfonamides is 1. The van der Waals surface area contributed by atoms with Crippen LogP contribution in [0, 0.1) is 17.2 Å². The Morgan fingerprint density at radius 1 is 1.48 bits per heavy atom. The summed E-state index contributed by atoms with van der Waals surface area (Å²) < 4.78 is 26.5. The number of rotatable bonds is 3. The van der Waals surface area contributed by atoms with E-state index in [1.807, 2.05) is 13.0 Å². The summed E-state index contributed by atoms with van der Waals surface area (Å²) in [5.41, 5.74) is 0.305. The van der Waals surface area contributed by atoms with Gasteiger partial charge in [0.1, 0.15) is 10.7 Å². The fraction of sp³-hybridized carbons (Fsp3) is 0.429. The summed E-state index contributed by atoms with van der Waals surface area (Å²) in [5, 5.41) is 8.82. The van der Waals surface area contributed by atoms with E-state index >= 15 is 0 Å². The molecule has 112 valence electrons. The lowest BCUT2D eigenvalue weighted by molar-refractivity contribution is -0.125. The summed E-state index contributed by atoms with van der Waals surface area (Å²) in [7, 11) is -3.74. The van der Waals surface area contributed by atoms with Gasteiger partial charge in [0.15, 0.2) is 0 Å². The van der Waals surface area contributed by atoms with Crippen LogP contribution >= 0.6 is 11.6 Å². The van der Waals surface area contributed by atoms with Gasteiger partial charge in [-0.2, -0.15) is 9.57 Å². The first-order chi connectivity index (χ1) is 9.90. The smallest absolute Gasteiger partial charge is 0.244 e. The molecule has 0 saturated carbocycles. The quantitative estimate of drug-likeness (QED) is 0.853. The highest BCUT2D eigenvalue weighted by molar-refractivity contribution is 7.89. The molecule has 0 amide bonds. The average molecular weight is 327 g/mol. The number of nitriles is 1. The van der Waals surface area contributed by atoms with Crippen LogP contribution in [0.25, 0.3) is 0 Å². The molecule has 1 aromatic rings. The molecule has 0 spiro atoms. The van der Waals surface area contributed by atoms with E-state index in [-0.39, 0.29) is 41.1 Å². The van der Waals surface area contributed by atoms with Crippen LogP contribution in [-0.4, -0.2) is 31.6 Å². The number of hydrogen-bond donors (Lipinski definition) is 0. The van der Waals surface area contributed by atoms with E-state index < -0.39 is 10.0 Å². The molecule has 1 fully saturated rings. The minimum Gasteiger partial charge on any atom is -0.299 e. The number of nitrogens with zero attached hydrogens (tertiary/aromatic N) is 2. The maximum Gasteiger partial charge on any atom is 0.244 e. The fourth-order valence-electron chi connectivity index (χ4n) is 2.37. The Labute approximate surface area is 129 Å². The van der Waals surface area contributed by atoms with Crippen LogP contribution in [0.4, 0.5) is 0 Å². The zero-order chi connectivity index (χ0) is 15.6. The van der Waals surface area contributed by atoms with Gasteiger partial charge in [-0.3, -0.25) is 4.79 Å². The minimum absolute atomic E-state index is 0.0210. The van der Waals surface area contributed by atoms with Gasteiger partial charge < -0.3 is 0 Å². The molecule has 0 bridgehead atoms. The first-order valence-electron chi connectivity index (χ1n) is 6.62. The lowest BCUT2D eigenvalue weighted by atomic mass is 9.96. The SMILES string of the molecule is CCC1CN(S(=O)(=O)c2ccc(C#N)cc2Cl)CCC1=O. The second kappa shape index (κ2) is 6.14. The van der Waals surface area contributed by atoms with Crippen LogP contribution in [0.15, 0.2) is 23.1 Å². The first-order valence-corrected chi connectivity index (χ1v) is 8.44. The van der Waals surface area contributed by atoms with Crippen molar-refractivity contribution in [2.75, 3.05) is 13.1 Å². The van der Waals surface area contributed by atoms with Crippen LogP contribution in [0.1, 0.15) is 25.3 Å². The summed E-state index contributed by atoms with van der Waals surface area (Å²) in [4.78, 5) is 11.7. The molecule has 1 aliphatic heterocycles. The number of carbonyl (C=O) groups excluding carboxylic acids is 1. The number of ketones is 1. The number of carbonyl (C=O) groups is 1. The molecule has 2 rings (SSSR count). The van der Waals surface area contributed by atoms with Gasteiger partial charge >= 0.3 is 0 Å². The number of Topliss-reactive ketones (excluding diaryl/α,β-unsaturated/α-hetero) is 1. The molecule has 1 saturated heterocycles. The zero-order valence-electron chi connectivity index (χ0n) is 11.5. The van der Waals surface area contributed by atoms with Gasteiger partial charge in [0.2, 0.25) is 10.0 Å². The number of halogens is 1. The molecule has 1 unspecified atom stereocenters. The molecular formula is C14H15ClN2O3S. The monoisotopic (exact) mass is 326 g/mol. The molecule has 5 nitrogen and oxygen atoms in total. The highest BCUT2D eigenvalue weighted by Crippen LogP contribution is 2.28. The van der Waals surface area contributed by atoms with E-state index in [0.29, 0.717) is 12.0 Å². The Morgan fingerprint density at radius 2 is 2.19 bits per heavy atom. The van der Waals surface area contributed by atoms with Crippen LogP contribution in [0.3, 0.4) is 0 Å². The molecule has 7 heteroatoms. The number of hydrogen-bond acceptors (Lipinski definition) is 4. The molecular weight excluding hydrogens is 312 g/mol. The first kappa shape index (κ1) is 16.0. The fourth-order valence-corrected chi connectivity index (χ4v) is 4.38. The van der Waals surface area contributed by atoms with E-state index in [1.54, 1.807) is 0 Å². The Balaban J connectivity index is 2.34. The molecule has 0 N–H and O–H groups in total. The summed E-state index contributed by atoms with van der Waals surface area (Å²) in [6.07, 6.45) is 0.845. The third-order valence-electron chi connectivity index (χ3n) is 3.66. The predicted octanol–water partition coefficient (Wildman–Crippen LogP) is 2.20. The lowest BCUT2D eigenvalue weighted by Gasteiger charge is -2.30. The average Bonchev–Trinajstić information content (AvgIpc) is 2.47. The summed E-state index contributed by atoms with van der Waals surface area (Å²) in [6.45, 7) is 2.23. The van der Waals surface area contributed by atoms with Crippen molar-refractivity contribution in [2.24, 2.45) is 5.92 Å². The molecule has 1 atom stereocenters. The van der Waals surface area contributed by atoms with E-state index in [1.165, 1.54) is 22.5 Å². The van der Waals surface area contributed by atoms with Crippen LogP contribution in [0.2, 0.25) is 5.02 Å². The van der Waals surface area contributed by atoms with E-state index in [4.69, 9.17) is 16.9 Å². The van der Waals surface area contributed by atoms with Gasteiger partial charge in [0.05, 0.1) is 16.7 Å². The maximum absolute atomic E-state index is 12.6. The maximum atomic E-state index is 12.6. The van der Waals surface area contributed by atoms with Crippen molar-refractivity contribution in [2.45, 2.75) is 24.7 Å². The van der Waals surface area contributed by atoms with Gasteiger partial charge in [-0.15, -0.1) is 0 Å². The third kappa shape index (κ3) is 3.10. The minimum atomic E-state index is -3.74. The Morgan fingerprint density at radius 3 is 2.76 bits per heavy atom. The van der Waals surface area contributed by atoms with Crippen molar-refractivity contribution in [1.29, 1.82) is 5.26 Å². The highest BCUT2D eigenvalue weighted by atomic mass is 35.5. The van der Waals surface area contributed by atoms with Crippen molar-refractivity contribution < 1.29 is 13.2 Å². The third-order valence-corrected chi connectivity index (χ3v) is 6.01. The van der Waals surface area contributed by atoms with E-state index in [0.717, 1.165) is 0 Å². The summed E-state index contributed by atoms with van der Waals surface area (Å²) in [5.74, 6) is -0.152. The molecule has 0 aromatic heterocycles. The second-order valence-electron chi connectivity index (χ2n) is 4.94. The number of benzene rings is 1. The van der Waals surface area contributed by atoms with Crippen molar-refractivity contribution in [3.63, 3.8) is 0 Å². The van der Waals surface area contributed by atoms with Crippen LogP contribution < -0.4 is 0 Å². The molecule has 0 radical (unpaired) electrons. The van der Waals surface area contributed by atoms with E-state index in [2.05, 4.69) is 0 Å². The largest absolute Gasteiger partial charge is 0.299 e. The normalized spacial score (nSPS) is 20.2. The van der Waals surface area contributed by atoms with Gasteiger partial charge in [0.25, 0.3) is 0 Å². The summed E-state index contributed by atoms with van der Waals surface area (Å²) >= 11 is 5.99. The second-order valence-corrected chi connectivity index (χ2v) is 7.26. The highest BCUT2D eigenvalue weighted by Gasteiger charge is 2.34. The van der Waals surface area contributed by atoms with E-state index in [9.17, 15) is 13.2 Å². The van der Waals surface area contributed by atoms with Gasteiger partial charge in [-0.25, -0.2) is 8.42 Å². The molecule has 1 aromatic carbocycles. The topological polar surface area (TPSA) is 78.2 Å². The van der Waals surface area contributed by atoms with Gasteiger partial charge in [-0.05, 0) is 24.6 Å². The van der Waals surface area contributed by atoms with Crippen molar-refractivity contribution >= 4 is 27.4 Å². The van der Waals surface area contributed by atoms with Gasteiger partial charge in [-0.1, -0.05) is 18.5 Å². The predicted molar refractivity (Wildman–Crippen MR) is 78.3 cm³/mol.